The third kappa shape index (κ3) is 3.74. The molecule has 0 heterocycles. The average molecular weight is 306 g/mol. The zero-order valence-electron chi connectivity index (χ0n) is 11.7. The summed E-state index contributed by atoms with van der Waals surface area (Å²) in [6.45, 7) is 0.238. The van der Waals surface area contributed by atoms with E-state index in [4.69, 9.17) is 5.73 Å². The average Bonchev–Trinajstić information content (AvgIpc) is 2.45. The minimum Gasteiger partial charge on any atom is -0.396 e. The zero-order valence-corrected chi connectivity index (χ0v) is 12.5. The van der Waals surface area contributed by atoms with E-state index in [9.17, 15) is 13.5 Å². The molecule has 2 aromatic rings. The van der Waals surface area contributed by atoms with Crippen LogP contribution in [0.1, 0.15) is 11.7 Å². The lowest BCUT2D eigenvalue weighted by Crippen LogP contribution is -2.14. The quantitative estimate of drug-likeness (QED) is 0.733. The summed E-state index contributed by atoms with van der Waals surface area (Å²) >= 11 is 0. The van der Waals surface area contributed by atoms with Gasteiger partial charge in [-0.2, -0.15) is 0 Å². The summed E-state index contributed by atoms with van der Waals surface area (Å²) in [5.41, 5.74) is 7.31. The summed E-state index contributed by atoms with van der Waals surface area (Å²) in [6.07, 6.45) is 0.411. The SMILES string of the molecule is CS(=O)(=O)c1cccc(NCC(O)c2ccccc2)c1N. The van der Waals surface area contributed by atoms with Gasteiger partial charge in [0.1, 0.15) is 0 Å². The maximum atomic E-state index is 11.6. The molecule has 0 bridgehead atoms. The highest BCUT2D eigenvalue weighted by Crippen LogP contribution is 2.27. The molecule has 0 aliphatic heterocycles. The Balaban J connectivity index is 2.14. The van der Waals surface area contributed by atoms with E-state index in [-0.39, 0.29) is 17.1 Å². The Kier molecular flexibility index (Phi) is 4.50. The molecule has 2 rings (SSSR count). The lowest BCUT2D eigenvalue weighted by molar-refractivity contribution is 0.191. The van der Waals surface area contributed by atoms with E-state index in [0.717, 1.165) is 11.8 Å². The van der Waals surface area contributed by atoms with Crippen LogP contribution in [0.15, 0.2) is 53.4 Å². The fourth-order valence-corrected chi connectivity index (χ4v) is 2.86. The molecule has 21 heavy (non-hydrogen) atoms. The van der Waals surface area contributed by atoms with Crippen LogP contribution in [0.3, 0.4) is 0 Å². The summed E-state index contributed by atoms with van der Waals surface area (Å²) in [6, 6.07) is 14.0. The number of nitrogens with two attached hydrogens (primary N) is 1. The number of hydrogen-bond donors (Lipinski definition) is 3. The second-order valence-corrected chi connectivity index (χ2v) is 6.78. The van der Waals surface area contributed by atoms with Gasteiger partial charge in [0.25, 0.3) is 0 Å². The third-order valence-corrected chi connectivity index (χ3v) is 4.29. The topological polar surface area (TPSA) is 92.4 Å². The number of sulfone groups is 1. The van der Waals surface area contributed by atoms with Crippen molar-refractivity contribution in [2.75, 3.05) is 23.9 Å². The fraction of sp³-hybridized carbons (Fsp3) is 0.200. The van der Waals surface area contributed by atoms with Crippen molar-refractivity contribution in [3.05, 3.63) is 54.1 Å². The van der Waals surface area contributed by atoms with E-state index in [1.54, 1.807) is 12.1 Å². The molecule has 112 valence electrons. The van der Waals surface area contributed by atoms with Crippen molar-refractivity contribution in [1.82, 2.24) is 0 Å². The number of rotatable bonds is 5. The van der Waals surface area contributed by atoms with Gasteiger partial charge >= 0.3 is 0 Å². The Morgan fingerprint density at radius 3 is 2.43 bits per heavy atom. The van der Waals surface area contributed by atoms with Gasteiger partial charge in [0, 0.05) is 12.8 Å². The van der Waals surface area contributed by atoms with Gasteiger partial charge in [-0.15, -0.1) is 0 Å². The van der Waals surface area contributed by atoms with Gasteiger partial charge < -0.3 is 16.2 Å². The molecule has 0 spiro atoms. The first-order valence-corrected chi connectivity index (χ1v) is 8.34. The van der Waals surface area contributed by atoms with Gasteiger partial charge in [0.05, 0.1) is 22.4 Å². The maximum absolute atomic E-state index is 11.6. The Bertz CT molecular complexity index is 715. The molecule has 0 aliphatic rings. The summed E-state index contributed by atoms with van der Waals surface area (Å²) < 4.78 is 23.2. The first kappa shape index (κ1) is 15.3. The van der Waals surface area contributed by atoms with Crippen LogP contribution >= 0.6 is 0 Å². The van der Waals surface area contributed by atoms with Crippen LogP contribution in [-0.4, -0.2) is 26.3 Å². The maximum Gasteiger partial charge on any atom is 0.177 e. The van der Waals surface area contributed by atoms with Crippen LogP contribution in [0.25, 0.3) is 0 Å². The number of hydrogen-bond acceptors (Lipinski definition) is 5. The number of aliphatic hydroxyl groups excluding tert-OH is 1. The zero-order chi connectivity index (χ0) is 15.5. The molecular formula is C15H18N2O3S. The molecule has 0 fully saturated rings. The van der Waals surface area contributed by atoms with Gasteiger partial charge in [-0.3, -0.25) is 0 Å². The highest BCUT2D eigenvalue weighted by molar-refractivity contribution is 7.90. The molecule has 0 radical (unpaired) electrons. The molecule has 4 N–H and O–H groups in total. The molecule has 0 saturated heterocycles. The Labute approximate surface area is 124 Å². The first-order chi connectivity index (χ1) is 9.89. The van der Waals surface area contributed by atoms with Crippen molar-refractivity contribution in [3.63, 3.8) is 0 Å². The summed E-state index contributed by atoms with van der Waals surface area (Å²) in [5.74, 6) is 0. The van der Waals surface area contributed by atoms with E-state index in [1.807, 2.05) is 30.3 Å². The monoisotopic (exact) mass is 306 g/mol. The van der Waals surface area contributed by atoms with Gasteiger partial charge in [-0.25, -0.2) is 8.42 Å². The minimum absolute atomic E-state index is 0.0849. The molecule has 1 unspecified atom stereocenters. The molecule has 0 aromatic heterocycles. The van der Waals surface area contributed by atoms with Gasteiger partial charge in [0.15, 0.2) is 9.84 Å². The first-order valence-electron chi connectivity index (χ1n) is 6.45. The van der Waals surface area contributed by atoms with Crippen molar-refractivity contribution < 1.29 is 13.5 Å². The third-order valence-electron chi connectivity index (χ3n) is 3.14. The van der Waals surface area contributed by atoms with Crippen LogP contribution < -0.4 is 11.1 Å². The number of para-hydroxylation sites is 1. The van der Waals surface area contributed by atoms with E-state index in [0.29, 0.717) is 5.69 Å². The second-order valence-electron chi connectivity index (χ2n) is 4.80. The smallest absolute Gasteiger partial charge is 0.177 e. The standard InChI is InChI=1S/C15H18N2O3S/c1-21(19,20)14-9-5-8-12(15(14)16)17-10-13(18)11-6-3-2-4-7-11/h2-9,13,17-18H,10,16H2,1H3. The van der Waals surface area contributed by atoms with Gasteiger partial charge in [-0.1, -0.05) is 36.4 Å². The highest BCUT2D eigenvalue weighted by atomic mass is 32.2. The van der Waals surface area contributed by atoms with Crippen LogP contribution in [0.5, 0.6) is 0 Å². The highest BCUT2D eigenvalue weighted by Gasteiger charge is 2.15. The summed E-state index contributed by atoms with van der Waals surface area (Å²) in [5, 5.41) is 13.1. The predicted molar refractivity (Wildman–Crippen MR) is 83.9 cm³/mol. The molecule has 5 nitrogen and oxygen atoms in total. The van der Waals surface area contributed by atoms with Gasteiger partial charge in [0.2, 0.25) is 0 Å². The van der Waals surface area contributed by atoms with Gasteiger partial charge in [-0.05, 0) is 17.7 Å². The minimum atomic E-state index is -3.37. The predicted octanol–water partition coefficient (Wildman–Crippen LogP) is 1.82. The number of nitrogens with one attached hydrogen (secondary N) is 1. The lowest BCUT2D eigenvalue weighted by atomic mass is 10.1. The molecule has 1 atom stereocenters. The Morgan fingerprint density at radius 2 is 1.81 bits per heavy atom. The number of anilines is 2. The van der Waals surface area contributed by atoms with Crippen molar-refractivity contribution in [2.45, 2.75) is 11.0 Å². The molecular weight excluding hydrogens is 288 g/mol. The summed E-state index contributed by atoms with van der Waals surface area (Å²) in [7, 11) is -3.37. The lowest BCUT2D eigenvalue weighted by Gasteiger charge is -2.15. The second kappa shape index (κ2) is 6.15. The molecule has 2 aromatic carbocycles. The van der Waals surface area contributed by atoms with Crippen molar-refractivity contribution in [1.29, 1.82) is 0 Å². The molecule has 0 saturated carbocycles. The Hall–Kier alpha value is -2.05. The van der Waals surface area contributed by atoms with E-state index >= 15 is 0 Å². The van der Waals surface area contributed by atoms with Crippen LogP contribution in [0.2, 0.25) is 0 Å². The molecule has 0 aliphatic carbocycles. The van der Waals surface area contributed by atoms with Crippen LogP contribution in [-0.2, 0) is 9.84 Å². The fourth-order valence-electron chi connectivity index (χ4n) is 2.02. The Morgan fingerprint density at radius 1 is 1.14 bits per heavy atom. The van der Waals surface area contributed by atoms with Crippen LogP contribution in [0, 0.1) is 0 Å². The van der Waals surface area contributed by atoms with Crippen molar-refractivity contribution >= 4 is 21.2 Å². The number of aliphatic hydroxyl groups is 1. The normalized spacial score (nSPS) is 12.9. The van der Waals surface area contributed by atoms with Crippen molar-refractivity contribution in [3.8, 4) is 0 Å². The van der Waals surface area contributed by atoms with E-state index < -0.39 is 15.9 Å². The number of nitrogen functional groups attached to an aromatic ring is 1. The van der Waals surface area contributed by atoms with E-state index in [1.165, 1.54) is 6.07 Å². The van der Waals surface area contributed by atoms with E-state index in [2.05, 4.69) is 5.32 Å². The number of benzene rings is 2. The molecule has 0 amide bonds. The largest absolute Gasteiger partial charge is 0.396 e. The molecule has 6 heteroatoms. The van der Waals surface area contributed by atoms with Crippen molar-refractivity contribution in [2.24, 2.45) is 0 Å². The van der Waals surface area contributed by atoms with Crippen LogP contribution in [0.4, 0.5) is 11.4 Å². The summed E-state index contributed by atoms with van der Waals surface area (Å²) in [4.78, 5) is 0.0849.